The second-order valence-electron chi connectivity index (χ2n) is 7.90. The van der Waals surface area contributed by atoms with Crippen LogP contribution in [-0.4, -0.2) is 17.6 Å². The van der Waals surface area contributed by atoms with Crippen molar-refractivity contribution in [3.8, 4) is 16.9 Å². The number of aliphatic hydroxyl groups is 1. The molecule has 0 spiro atoms. The van der Waals surface area contributed by atoms with Gasteiger partial charge in [-0.25, -0.2) is 0 Å². The van der Waals surface area contributed by atoms with Crippen LogP contribution in [0.1, 0.15) is 40.9 Å². The molecule has 156 valence electrons. The SMILES string of the molecule is Cc1ccc(CNC(=O)c2cc(-c3ccccc3CO)ccc2OCC(C)C)cc1. The minimum absolute atomic E-state index is 0.0588. The molecule has 0 aliphatic rings. The van der Waals surface area contributed by atoms with Gasteiger partial charge in [0, 0.05) is 6.54 Å². The van der Waals surface area contributed by atoms with Gasteiger partial charge >= 0.3 is 0 Å². The molecule has 30 heavy (non-hydrogen) atoms. The lowest BCUT2D eigenvalue weighted by molar-refractivity contribution is 0.0946. The molecule has 0 aliphatic carbocycles. The summed E-state index contributed by atoms with van der Waals surface area (Å²) in [6, 6.07) is 21.4. The average molecular weight is 404 g/mol. The third-order valence-electron chi connectivity index (χ3n) is 4.87. The van der Waals surface area contributed by atoms with Crippen molar-refractivity contribution in [3.63, 3.8) is 0 Å². The van der Waals surface area contributed by atoms with E-state index in [9.17, 15) is 9.90 Å². The Bertz CT molecular complexity index is 993. The Morgan fingerprint density at radius 1 is 1.03 bits per heavy atom. The predicted octanol–water partition coefficient (Wildman–Crippen LogP) is 5.12. The second-order valence-corrected chi connectivity index (χ2v) is 7.90. The van der Waals surface area contributed by atoms with Gasteiger partial charge in [-0.1, -0.05) is 74.0 Å². The Balaban J connectivity index is 1.89. The average Bonchev–Trinajstić information content (AvgIpc) is 2.77. The molecule has 2 N–H and O–H groups in total. The van der Waals surface area contributed by atoms with Crippen molar-refractivity contribution in [1.29, 1.82) is 0 Å². The second kappa shape index (κ2) is 10.1. The molecule has 0 aromatic heterocycles. The quantitative estimate of drug-likeness (QED) is 0.549. The van der Waals surface area contributed by atoms with Crippen LogP contribution in [0.3, 0.4) is 0 Å². The smallest absolute Gasteiger partial charge is 0.255 e. The number of carbonyl (C=O) groups excluding carboxylic acids is 1. The number of aryl methyl sites for hydroxylation is 1. The maximum atomic E-state index is 13.0. The van der Waals surface area contributed by atoms with E-state index >= 15 is 0 Å². The number of nitrogens with one attached hydrogen (secondary N) is 1. The summed E-state index contributed by atoms with van der Waals surface area (Å²) >= 11 is 0. The summed E-state index contributed by atoms with van der Waals surface area (Å²) in [7, 11) is 0. The predicted molar refractivity (Wildman–Crippen MR) is 120 cm³/mol. The van der Waals surface area contributed by atoms with Crippen LogP contribution in [0, 0.1) is 12.8 Å². The van der Waals surface area contributed by atoms with Crippen LogP contribution in [0.15, 0.2) is 66.7 Å². The minimum Gasteiger partial charge on any atom is -0.492 e. The Morgan fingerprint density at radius 2 is 1.77 bits per heavy atom. The zero-order valence-electron chi connectivity index (χ0n) is 17.8. The van der Waals surface area contributed by atoms with Crippen LogP contribution in [0.25, 0.3) is 11.1 Å². The lowest BCUT2D eigenvalue weighted by Crippen LogP contribution is -2.24. The maximum Gasteiger partial charge on any atom is 0.255 e. The Labute approximate surface area is 178 Å². The monoisotopic (exact) mass is 403 g/mol. The third-order valence-corrected chi connectivity index (χ3v) is 4.87. The zero-order chi connectivity index (χ0) is 21.5. The zero-order valence-corrected chi connectivity index (χ0v) is 17.8. The first-order chi connectivity index (χ1) is 14.5. The lowest BCUT2D eigenvalue weighted by atomic mass is 9.97. The summed E-state index contributed by atoms with van der Waals surface area (Å²) in [5.74, 6) is 0.733. The Hall–Kier alpha value is -3.11. The van der Waals surface area contributed by atoms with E-state index in [0.717, 1.165) is 22.3 Å². The van der Waals surface area contributed by atoms with Crippen molar-refractivity contribution >= 4 is 5.91 Å². The number of benzene rings is 3. The molecule has 0 atom stereocenters. The van der Waals surface area contributed by atoms with Gasteiger partial charge in [0.1, 0.15) is 5.75 Å². The van der Waals surface area contributed by atoms with Gasteiger partial charge in [0.15, 0.2) is 0 Å². The maximum absolute atomic E-state index is 13.0. The van der Waals surface area contributed by atoms with Crippen LogP contribution >= 0.6 is 0 Å². The highest BCUT2D eigenvalue weighted by Gasteiger charge is 2.16. The van der Waals surface area contributed by atoms with Crippen LogP contribution in [0.4, 0.5) is 0 Å². The summed E-state index contributed by atoms with van der Waals surface area (Å²) < 4.78 is 5.92. The van der Waals surface area contributed by atoms with E-state index in [1.54, 1.807) is 0 Å². The minimum atomic E-state index is -0.183. The molecule has 0 saturated carbocycles. The van der Waals surface area contributed by atoms with Crippen molar-refractivity contribution in [2.75, 3.05) is 6.61 Å². The van der Waals surface area contributed by atoms with E-state index in [1.807, 2.05) is 73.7 Å². The fourth-order valence-electron chi connectivity index (χ4n) is 3.18. The van der Waals surface area contributed by atoms with Crippen molar-refractivity contribution < 1.29 is 14.6 Å². The Morgan fingerprint density at radius 3 is 2.47 bits per heavy atom. The standard InChI is InChI=1S/C26H29NO3/c1-18(2)17-30-25-13-12-21(23-7-5-4-6-22(23)16-28)14-24(25)26(29)27-15-20-10-8-19(3)9-11-20/h4-14,18,28H,15-17H2,1-3H3,(H,27,29). The third kappa shape index (κ3) is 5.49. The molecule has 4 heteroatoms. The molecule has 0 fully saturated rings. The number of amides is 1. The number of hydrogen-bond donors (Lipinski definition) is 2. The van der Waals surface area contributed by atoms with Crippen LogP contribution < -0.4 is 10.1 Å². The molecule has 0 aliphatic heterocycles. The van der Waals surface area contributed by atoms with Gasteiger partial charge < -0.3 is 15.2 Å². The van der Waals surface area contributed by atoms with Gasteiger partial charge in [-0.05, 0) is 47.2 Å². The van der Waals surface area contributed by atoms with E-state index in [4.69, 9.17) is 4.74 Å². The lowest BCUT2D eigenvalue weighted by Gasteiger charge is -2.16. The molecule has 0 bridgehead atoms. The molecule has 0 radical (unpaired) electrons. The van der Waals surface area contributed by atoms with Crippen molar-refractivity contribution in [2.45, 2.75) is 33.9 Å². The molecular formula is C26H29NO3. The fraction of sp³-hybridized carbons (Fsp3) is 0.269. The molecule has 1 amide bonds. The van der Waals surface area contributed by atoms with Gasteiger partial charge in [-0.15, -0.1) is 0 Å². The first kappa shape index (κ1) is 21.6. The van der Waals surface area contributed by atoms with Crippen molar-refractivity contribution in [3.05, 3.63) is 89.0 Å². The normalized spacial score (nSPS) is 10.8. The summed E-state index contributed by atoms with van der Waals surface area (Å²) in [5, 5.41) is 12.7. The molecule has 3 aromatic carbocycles. The van der Waals surface area contributed by atoms with E-state index in [-0.39, 0.29) is 12.5 Å². The van der Waals surface area contributed by atoms with E-state index < -0.39 is 0 Å². The summed E-state index contributed by atoms with van der Waals surface area (Å²) in [6.07, 6.45) is 0. The largest absolute Gasteiger partial charge is 0.492 e. The van der Waals surface area contributed by atoms with Crippen molar-refractivity contribution in [1.82, 2.24) is 5.32 Å². The molecule has 0 heterocycles. The van der Waals surface area contributed by atoms with Crippen LogP contribution in [0.5, 0.6) is 5.75 Å². The number of aliphatic hydroxyl groups excluding tert-OH is 1. The molecule has 3 rings (SSSR count). The van der Waals surface area contributed by atoms with Gasteiger partial charge in [0.2, 0.25) is 0 Å². The highest BCUT2D eigenvalue weighted by molar-refractivity contribution is 5.98. The number of hydrogen-bond acceptors (Lipinski definition) is 3. The highest BCUT2D eigenvalue weighted by Crippen LogP contribution is 2.29. The van der Waals surface area contributed by atoms with Crippen molar-refractivity contribution in [2.24, 2.45) is 5.92 Å². The van der Waals surface area contributed by atoms with Crippen LogP contribution in [-0.2, 0) is 13.2 Å². The van der Waals surface area contributed by atoms with Gasteiger partial charge in [-0.2, -0.15) is 0 Å². The van der Waals surface area contributed by atoms with Gasteiger partial charge in [0.05, 0.1) is 18.8 Å². The summed E-state index contributed by atoms with van der Waals surface area (Å²) in [4.78, 5) is 13.0. The first-order valence-electron chi connectivity index (χ1n) is 10.3. The number of rotatable bonds is 8. The van der Waals surface area contributed by atoms with Gasteiger partial charge in [0.25, 0.3) is 5.91 Å². The molecule has 4 nitrogen and oxygen atoms in total. The topological polar surface area (TPSA) is 58.6 Å². The first-order valence-corrected chi connectivity index (χ1v) is 10.3. The fourth-order valence-corrected chi connectivity index (χ4v) is 3.18. The highest BCUT2D eigenvalue weighted by atomic mass is 16.5. The Kier molecular flexibility index (Phi) is 7.26. The molecule has 0 saturated heterocycles. The molecule has 3 aromatic rings. The van der Waals surface area contributed by atoms with E-state index in [2.05, 4.69) is 19.2 Å². The van der Waals surface area contributed by atoms with Crippen LogP contribution in [0.2, 0.25) is 0 Å². The number of carbonyl (C=O) groups is 1. The van der Waals surface area contributed by atoms with E-state index in [1.165, 1.54) is 5.56 Å². The molecule has 0 unspecified atom stereocenters. The van der Waals surface area contributed by atoms with Gasteiger partial charge in [-0.3, -0.25) is 4.79 Å². The number of ether oxygens (including phenoxy) is 1. The summed E-state index contributed by atoms with van der Waals surface area (Å²) in [6.45, 7) is 7.10. The molecular weight excluding hydrogens is 374 g/mol. The summed E-state index contributed by atoms with van der Waals surface area (Å²) in [5.41, 5.74) is 5.32. The van der Waals surface area contributed by atoms with E-state index in [0.29, 0.717) is 30.4 Å².